The van der Waals surface area contributed by atoms with Crippen LogP contribution in [0.3, 0.4) is 0 Å². The lowest BCUT2D eigenvalue weighted by molar-refractivity contribution is -0.674. The van der Waals surface area contributed by atoms with E-state index in [1.807, 2.05) is 12.1 Å². The van der Waals surface area contributed by atoms with E-state index in [1.165, 1.54) is 4.58 Å². The zero-order valence-corrected chi connectivity index (χ0v) is 21.4. The molecule has 202 valence electrons. The van der Waals surface area contributed by atoms with E-state index in [2.05, 4.69) is 34.8 Å². The van der Waals surface area contributed by atoms with Crippen molar-refractivity contribution in [3.8, 4) is 0 Å². The molecule has 0 aromatic heterocycles. The largest absolute Gasteiger partial charge is 0.358 e. The van der Waals surface area contributed by atoms with Gasteiger partial charge in [-0.3, -0.25) is 41.1 Å². The third-order valence-electron chi connectivity index (χ3n) is 8.94. The van der Waals surface area contributed by atoms with Gasteiger partial charge in [-0.15, -0.1) is 0 Å². The molecule has 5 aliphatic rings. The van der Waals surface area contributed by atoms with Crippen molar-refractivity contribution < 1.29 is 34.2 Å². The summed E-state index contributed by atoms with van der Waals surface area (Å²) in [4.78, 5) is 42.3. The van der Waals surface area contributed by atoms with Crippen molar-refractivity contribution in [1.82, 2.24) is 20.9 Å². The maximum absolute atomic E-state index is 13.5. The number of rotatable bonds is 4. The molecular weight excluding hydrogens is 492 g/mol. The number of hydrogen-bond acceptors (Lipinski definition) is 9. The number of carbonyl (C=O) groups is 3. The Morgan fingerprint density at radius 2 is 1.92 bits per heavy atom. The van der Waals surface area contributed by atoms with Gasteiger partial charge in [0.15, 0.2) is 6.04 Å². The summed E-state index contributed by atoms with van der Waals surface area (Å²) in [5, 5.41) is 32.2. The van der Waals surface area contributed by atoms with Crippen LogP contribution in [0.5, 0.6) is 0 Å². The maximum atomic E-state index is 13.5. The first-order valence-electron chi connectivity index (χ1n) is 12.9. The number of nitrogens with two attached hydrogens (primary N) is 2. The van der Waals surface area contributed by atoms with Crippen molar-refractivity contribution in [2.45, 2.75) is 74.5 Å². The van der Waals surface area contributed by atoms with Gasteiger partial charge in [0.25, 0.3) is 17.4 Å². The highest BCUT2D eigenvalue weighted by Crippen LogP contribution is 2.41. The summed E-state index contributed by atoms with van der Waals surface area (Å²) in [5.74, 6) is -3.40. The zero-order valence-electron chi connectivity index (χ0n) is 21.4. The molecule has 2 saturated heterocycles. The minimum absolute atomic E-state index is 0.0369. The lowest BCUT2D eigenvalue weighted by atomic mass is 9.84. The molecule has 0 saturated carbocycles. The first kappa shape index (κ1) is 24.6. The highest BCUT2D eigenvalue weighted by atomic mass is 16.5. The van der Waals surface area contributed by atoms with E-state index in [4.69, 9.17) is 11.5 Å². The van der Waals surface area contributed by atoms with E-state index in [9.17, 15) is 24.6 Å². The number of imide groups is 1. The normalized spacial score (nSPS) is 32.4. The number of hydrogen-bond donors (Lipinski definition) is 8. The van der Waals surface area contributed by atoms with Crippen molar-refractivity contribution in [1.29, 1.82) is 0 Å². The Morgan fingerprint density at radius 3 is 2.63 bits per heavy atom. The highest BCUT2D eigenvalue weighted by Gasteiger charge is 2.78. The molecule has 6 rings (SSSR count). The summed E-state index contributed by atoms with van der Waals surface area (Å²) < 4.78 is 1.53. The van der Waals surface area contributed by atoms with Gasteiger partial charge in [0, 0.05) is 18.4 Å². The molecule has 4 heterocycles. The third-order valence-corrected chi connectivity index (χ3v) is 8.94. The second-order valence-corrected chi connectivity index (χ2v) is 11.5. The second kappa shape index (κ2) is 7.90. The van der Waals surface area contributed by atoms with E-state index in [-0.39, 0.29) is 55.1 Å². The van der Waals surface area contributed by atoms with Crippen LogP contribution in [0.2, 0.25) is 0 Å². The Hall–Kier alpha value is -3.71. The molecule has 1 aliphatic carbocycles. The molecule has 13 nitrogen and oxygen atoms in total. The fourth-order valence-electron chi connectivity index (χ4n) is 6.93. The van der Waals surface area contributed by atoms with Crippen molar-refractivity contribution >= 4 is 29.6 Å². The van der Waals surface area contributed by atoms with Gasteiger partial charge in [0.05, 0.1) is 13.1 Å². The minimum Gasteiger partial charge on any atom is -0.358 e. The van der Waals surface area contributed by atoms with Gasteiger partial charge in [-0.05, 0) is 35.4 Å². The van der Waals surface area contributed by atoms with Crippen LogP contribution < -0.4 is 32.4 Å². The number of carbonyl (C=O) groups excluding carboxylic acids is 3. The Kier molecular flexibility index (Phi) is 5.12. The molecule has 2 fully saturated rings. The number of aliphatic hydroxyl groups is 2. The van der Waals surface area contributed by atoms with Crippen LogP contribution >= 0.6 is 0 Å². The van der Waals surface area contributed by atoms with Crippen LogP contribution in [0, 0.1) is 0 Å². The average molecular weight is 527 g/mol. The first-order chi connectivity index (χ1) is 17.9. The van der Waals surface area contributed by atoms with Crippen molar-refractivity contribution in [2.24, 2.45) is 11.5 Å². The summed E-state index contributed by atoms with van der Waals surface area (Å²) in [5.41, 5.74) is 13.3. The smallest absolute Gasteiger partial charge is 0.347 e. The van der Waals surface area contributed by atoms with Crippen LogP contribution in [-0.4, -0.2) is 92.0 Å². The number of likely N-dealkylation sites (tertiary alicyclic amines) is 1. The molecule has 3 unspecified atom stereocenters. The Balaban J connectivity index is 1.32. The minimum atomic E-state index is -2.55. The number of guanidine groups is 2. The van der Waals surface area contributed by atoms with Gasteiger partial charge in [-0.2, -0.15) is 0 Å². The van der Waals surface area contributed by atoms with Crippen LogP contribution in [0.1, 0.15) is 54.6 Å². The predicted octanol–water partition coefficient (Wildman–Crippen LogP) is -4.79. The van der Waals surface area contributed by atoms with Crippen LogP contribution in [-0.2, 0) is 21.4 Å². The van der Waals surface area contributed by atoms with Gasteiger partial charge >= 0.3 is 11.9 Å². The molecule has 10 N–H and O–H groups in total. The van der Waals surface area contributed by atoms with Crippen LogP contribution in [0.15, 0.2) is 18.2 Å². The molecule has 3 amide bonds. The molecule has 4 atom stereocenters. The molecule has 13 heteroatoms. The van der Waals surface area contributed by atoms with Gasteiger partial charge in [-0.1, -0.05) is 26.0 Å². The molecule has 0 bridgehead atoms. The predicted molar refractivity (Wildman–Crippen MR) is 133 cm³/mol. The SMILES string of the molecule is CC1(C)CCc2c(C(=O)NC3C[N+]4=C(N)N[C@@H](CN5C(=O)CCC5=O)C5[NH+]=C(N)NC54C3(O)O)cccc21. The molecule has 0 radical (unpaired) electrons. The summed E-state index contributed by atoms with van der Waals surface area (Å²) in [6.45, 7) is 4.21. The van der Waals surface area contributed by atoms with Crippen molar-refractivity contribution in [3.05, 3.63) is 34.9 Å². The lowest BCUT2D eigenvalue weighted by Crippen LogP contribution is -2.92. The van der Waals surface area contributed by atoms with Crippen LogP contribution in [0.25, 0.3) is 0 Å². The summed E-state index contributed by atoms with van der Waals surface area (Å²) in [6.07, 6.45) is 1.94. The van der Waals surface area contributed by atoms with E-state index in [0.717, 1.165) is 28.9 Å². The molecule has 4 aliphatic heterocycles. The number of amides is 3. The number of benzene rings is 1. The van der Waals surface area contributed by atoms with Crippen molar-refractivity contribution in [3.63, 3.8) is 0 Å². The van der Waals surface area contributed by atoms with Crippen LogP contribution in [0.4, 0.5) is 0 Å². The summed E-state index contributed by atoms with van der Waals surface area (Å²) in [6, 6.07) is 2.95. The van der Waals surface area contributed by atoms with E-state index < -0.39 is 35.5 Å². The average Bonchev–Trinajstić information content (AvgIpc) is 3.54. The van der Waals surface area contributed by atoms with Gasteiger partial charge < -0.3 is 15.5 Å². The van der Waals surface area contributed by atoms with Gasteiger partial charge in [0.1, 0.15) is 12.1 Å². The monoisotopic (exact) mass is 526 g/mol. The molecule has 1 spiro atoms. The standard InChI is InChI=1S/C25H32N8O5/c1-23(2)9-8-12-13(4-3-5-14(12)23)20(36)29-16-11-33-22(27)28-15(10-32-17(34)6-7-18(32)35)19-24(33,25(16,37)38)31-21(26)30-19/h3-5,15-16,19,37-38H,6-11H2,1-2H3,(H6,26,27,28,29,30,31,36)/p+2/t15-,16?,19?,24?/m0/s1. The molecule has 38 heavy (non-hydrogen) atoms. The second-order valence-electron chi connectivity index (χ2n) is 11.5. The lowest BCUT2D eigenvalue weighted by Gasteiger charge is -2.41. The topological polar surface area (TPSA) is 200 Å². The van der Waals surface area contributed by atoms with Gasteiger partial charge in [0.2, 0.25) is 11.8 Å². The number of nitrogens with one attached hydrogen (secondary N) is 4. The molecule has 1 aromatic rings. The highest BCUT2D eigenvalue weighted by molar-refractivity contribution is 6.02. The Labute approximate surface area is 218 Å². The molecule has 1 aromatic carbocycles. The summed E-state index contributed by atoms with van der Waals surface area (Å²) in [7, 11) is 0. The Bertz CT molecular complexity index is 1320. The maximum Gasteiger partial charge on any atom is 0.347 e. The fourth-order valence-corrected chi connectivity index (χ4v) is 6.93. The third kappa shape index (κ3) is 3.21. The zero-order chi connectivity index (χ0) is 27.2. The first-order valence-corrected chi connectivity index (χ1v) is 12.9. The quantitative estimate of drug-likeness (QED) is 0.108. The van der Waals surface area contributed by atoms with E-state index in [0.29, 0.717) is 5.56 Å². The number of fused-ring (bicyclic) bond motifs is 1. The van der Waals surface area contributed by atoms with Gasteiger partial charge in [-0.25, -0.2) is 9.89 Å². The van der Waals surface area contributed by atoms with E-state index >= 15 is 0 Å². The van der Waals surface area contributed by atoms with E-state index in [1.54, 1.807) is 6.07 Å². The molecular formula is C25H34N8O5+2. The Morgan fingerprint density at radius 1 is 1.21 bits per heavy atom. The fraction of sp³-hybridized carbons (Fsp3) is 0.560. The summed E-state index contributed by atoms with van der Waals surface area (Å²) >= 11 is 0. The number of nitrogens with zero attached hydrogens (tertiary/aromatic N) is 2. The van der Waals surface area contributed by atoms with Crippen molar-refractivity contribution in [2.75, 3.05) is 13.1 Å².